The molecule has 1 aliphatic heterocycles. The van der Waals surface area contributed by atoms with Crippen LogP contribution < -0.4 is 0 Å². The van der Waals surface area contributed by atoms with Gasteiger partial charge in [0.25, 0.3) is 0 Å². The van der Waals surface area contributed by atoms with Gasteiger partial charge in [-0.15, -0.1) is 0 Å². The van der Waals surface area contributed by atoms with Gasteiger partial charge < -0.3 is 5.11 Å². The summed E-state index contributed by atoms with van der Waals surface area (Å²) in [6, 6.07) is 8.75. The summed E-state index contributed by atoms with van der Waals surface area (Å²) in [6.45, 7) is 0.254. The average molecular weight is 222 g/mol. The fraction of sp³-hybridized carbons (Fsp3) is 0.538. The molecule has 82 valence electrons. The highest BCUT2D eigenvalue weighted by Crippen LogP contribution is 2.31. The standard InChI is InChI=1S/C13H18OS/c14-7-4-11-2-1-3-13(10-11)12-5-8-15-9-6-12/h1-3,10,12,14H,4-9H2. The van der Waals surface area contributed by atoms with Crippen LogP contribution in [0.2, 0.25) is 0 Å². The highest BCUT2D eigenvalue weighted by molar-refractivity contribution is 7.99. The molecule has 15 heavy (non-hydrogen) atoms. The van der Waals surface area contributed by atoms with E-state index in [9.17, 15) is 0 Å². The Morgan fingerprint density at radius 3 is 2.80 bits per heavy atom. The SMILES string of the molecule is OCCc1cccc(C2CCSCC2)c1. The first-order valence-corrected chi connectivity index (χ1v) is 6.83. The van der Waals surface area contributed by atoms with Gasteiger partial charge >= 0.3 is 0 Å². The van der Waals surface area contributed by atoms with Crippen molar-refractivity contribution in [1.82, 2.24) is 0 Å². The molecule has 1 N–H and O–H groups in total. The lowest BCUT2D eigenvalue weighted by Gasteiger charge is -2.22. The number of hydrogen-bond acceptors (Lipinski definition) is 2. The van der Waals surface area contributed by atoms with E-state index in [0.717, 1.165) is 12.3 Å². The van der Waals surface area contributed by atoms with E-state index in [1.165, 1.54) is 35.5 Å². The van der Waals surface area contributed by atoms with Gasteiger partial charge in [0.1, 0.15) is 0 Å². The summed E-state index contributed by atoms with van der Waals surface area (Å²) in [7, 11) is 0. The Hall–Kier alpha value is -0.470. The van der Waals surface area contributed by atoms with Crippen molar-refractivity contribution in [3.05, 3.63) is 35.4 Å². The number of benzene rings is 1. The minimum absolute atomic E-state index is 0.254. The second-order valence-corrected chi connectivity index (χ2v) is 5.33. The van der Waals surface area contributed by atoms with Gasteiger partial charge in [0.05, 0.1) is 0 Å². The van der Waals surface area contributed by atoms with Gasteiger partial charge in [0.2, 0.25) is 0 Å². The van der Waals surface area contributed by atoms with Gasteiger partial charge in [0.15, 0.2) is 0 Å². The first-order chi connectivity index (χ1) is 7.40. The van der Waals surface area contributed by atoms with Crippen LogP contribution in [0.1, 0.15) is 29.9 Å². The van der Waals surface area contributed by atoms with Gasteiger partial charge in [-0.25, -0.2) is 0 Å². The molecule has 0 bridgehead atoms. The molecule has 2 heteroatoms. The highest BCUT2D eigenvalue weighted by Gasteiger charge is 2.15. The maximum atomic E-state index is 8.92. The zero-order valence-corrected chi connectivity index (χ0v) is 9.80. The predicted molar refractivity (Wildman–Crippen MR) is 66.5 cm³/mol. The van der Waals surface area contributed by atoms with E-state index < -0.39 is 0 Å². The first-order valence-electron chi connectivity index (χ1n) is 5.67. The summed E-state index contributed by atoms with van der Waals surface area (Å²) < 4.78 is 0. The largest absolute Gasteiger partial charge is 0.396 e. The van der Waals surface area contributed by atoms with Crippen LogP contribution in [0.15, 0.2) is 24.3 Å². The second kappa shape index (κ2) is 5.57. The lowest BCUT2D eigenvalue weighted by Crippen LogP contribution is -2.08. The lowest BCUT2D eigenvalue weighted by atomic mass is 9.92. The van der Waals surface area contributed by atoms with E-state index in [4.69, 9.17) is 5.11 Å². The van der Waals surface area contributed by atoms with E-state index in [0.29, 0.717) is 0 Å². The third-order valence-electron chi connectivity index (χ3n) is 3.04. The van der Waals surface area contributed by atoms with Crippen LogP contribution in [0.3, 0.4) is 0 Å². The first kappa shape index (κ1) is 11.0. The molecule has 0 aromatic heterocycles. The van der Waals surface area contributed by atoms with Crippen molar-refractivity contribution < 1.29 is 5.11 Å². The number of rotatable bonds is 3. The van der Waals surface area contributed by atoms with Crippen LogP contribution in [-0.2, 0) is 6.42 Å². The van der Waals surface area contributed by atoms with Gasteiger partial charge in [-0.3, -0.25) is 0 Å². The summed E-state index contributed by atoms with van der Waals surface area (Å²) in [5, 5.41) is 8.92. The molecule has 2 rings (SSSR count). The van der Waals surface area contributed by atoms with Crippen molar-refractivity contribution in [2.24, 2.45) is 0 Å². The number of aliphatic hydroxyl groups is 1. The molecule has 1 aromatic carbocycles. The van der Waals surface area contributed by atoms with Crippen LogP contribution >= 0.6 is 11.8 Å². The zero-order valence-electron chi connectivity index (χ0n) is 8.98. The summed E-state index contributed by atoms with van der Waals surface area (Å²) in [5.41, 5.74) is 2.74. The van der Waals surface area contributed by atoms with Crippen LogP contribution in [0.4, 0.5) is 0 Å². The molecule has 1 saturated heterocycles. The van der Waals surface area contributed by atoms with Gasteiger partial charge in [-0.1, -0.05) is 24.3 Å². The molecule has 1 aromatic rings. The summed E-state index contributed by atoms with van der Waals surface area (Å²) in [6.07, 6.45) is 3.41. The molecule has 0 radical (unpaired) electrons. The Kier molecular flexibility index (Phi) is 4.09. The summed E-state index contributed by atoms with van der Waals surface area (Å²) in [4.78, 5) is 0. The molecule has 0 atom stereocenters. The van der Waals surface area contributed by atoms with E-state index in [-0.39, 0.29) is 6.61 Å². The van der Waals surface area contributed by atoms with Crippen LogP contribution in [0, 0.1) is 0 Å². The monoisotopic (exact) mass is 222 g/mol. The third kappa shape index (κ3) is 2.99. The maximum absolute atomic E-state index is 8.92. The van der Waals surface area contributed by atoms with Crippen LogP contribution in [0.5, 0.6) is 0 Å². The Labute approximate surface area is 95.9 Å². The molecule has 1 aliphatic rings. The molecule has 0 unspecified atom stereocenters. The lowest BCUT2D eigenvalue weighted by molar-refractivity contribution is 0.299. The zero-order chi connectivity index (χ0) is 10.5. The minimum Gasteiger partial charge on any atom is -0.396 e. The highest BCUT2D eigenvalue weighted by atomic mass is 32.2. The normalized spacial score (nSPS) is 17.9. The topological polar surface area (TPSA) is 20.2 Å². The molecule has 0 amide bonds. The van der Waals surface area contributed by atoms with Crippen molar-refractivity contribution in [3.63, 3.8) is 0 Å². The number of hydrogen-bond donors (Lipinski definition) is 1. The quantitative estimate of drug-likeness (QED) is 0.848. The smallest absolute Gasteiger partial charge is 0.0471 e. The minimum atomic E-state index is 0.254. The predicted octanol–water partition coefficient (Wildman–Crippen LogP) is 2.83. The Bertz CT molecular complexity index is 305. The van der Waals surface area contributed by atoms with Gasteiger partial charge in [0, 0.05) is 6.61 Å². The third-order valence-corrected chi connectivity index (χ3v) is 4.09. The molecule has 1 heterocycles. The van der Waals surface area contributed by atoms with Gasteiger partial charge in [-0.05, 0) is 47.8 Å². The van der Waals surface area contributed by atoms with Crippen LogP contribution in [-0.4, -0.2) is 23.2 Å². The molecular weight excluding hydrogens is 204 g/mol. The van der Waals surface area contributed by atoms with Crippen molar-refractivity contribution in [3.8, 4) is 0 Å². The van der Waals surface area contributed by atoms with Crippen molar-refractivity contribution >= 4 is 11.8 Å². The fourth-order valence-electron chi connectivity index (χ4n) is 2.16. The number of aliphatic hydroxyl groups excluding tert-OH is 1. The molecule has 0 spiro atoms. The summed E-state index contributed by atoms with van der Waals surface area (Å²) >= 11 is 2.07. The van der Waals surface area contributed by atoms with Crippen molar-refractivity contribution in [2.45, 2.75) is 25.2 Å². The molecule has 1 fully saturated rings. The van der Waals surface area contributed by atoms with Crippen LogP contribution in [0.25, 0.3) is 0 Å². The summed E-state index contributed by atoms with van der Waals surface area (Å²) in [5.74, 6) is 3.36. The maximum Gasteiger partial charge on any atom is 0.0471 e. The number of thioether (sulfide) groups is 1. The van der Waals surface area contributed by atoms with E-state index in [1.807, 2.05) is 0 Å². The van der Waals surface area contributed by atoms with E-state index >= 15 is 0 Å². The average Bonchev–Trinajstić information content (AvgIpc) is 2.31. The van der Waals surface area contributed by atoms with Crippen molar-refractivity contribution in [2.75, 3.05) is 18.1 Å². The fourth-order valence-corrected chi connectivity index (χ4v) is 3.27. The molecule has 0 aliphatic carbocycles. The van der Waals surface area contributed by atoms with E-state index in [1.54, 1.807) is 0 Å². The second-order valence-electron chi connectivity index (χ2n) is 4.11. The van der Waals surface area contributed by atoms with E-state index in [2.05, 4.69) is 36.0 Å². The molecule has 1 nitrogen and oxygen atoms in total. The molecular formula is C13H18OS. The molecule has 0 saturated carbocycles. The van der Waals surface area contributed by atoms with Gasteiger partial charge in [-0.2, -0.15) is 11.8 Å². The van der Waals surface area contributed by atoms with Crippen molar-refractivity contribution in [1.29, 1.82) is 0 Å². The Morgan fingerprint density at radius 2 is 2.07 bits per heavy atom. The Morgan fingerprint density at radius 1 is 1.27 bits per heavy atom. The Balaban J connectivity index is 2.09.